The maximum absolute atomic E-state index is 12.1. The number of oxime groups is 1. The SMILES string of the molecule is O=C(N/N=C(\C=N\O)c1cccc([N+](=O)[O-])c1)c1cccc([N+](=O)[O-])c1. The van der Waals surface area contributed by atoms with Gasteiger partial charge in [0.05, 0.1) is 16.1 Å². The van der Waals surface area contributed by atoms with Gasteiger partial charge in [0.15, 0.2) is 0 Å². The highest BCUT2D eigenvalue weighted by Gasteiger charge is 2.13. The molecule has 0 bridgehead atoms. The number of hydrogen-bond acceptors (Lipinski definition) is 8. The van der Waals surface area contributed by atoms with Gasteiger partial charge in [0, 0.05) is 35.4 Å². The van der Waals surface area contributed by atoms with Gasteiger partial charge in [-0.1, -0.05) is 23.4 Å². The molecule has 0 fully saturated rings. The van der Waals surface area contributed by atoms with Crippen molar-refractivity contribution in [1.29, 1.82) is 0 Å². The predicted molar refractivity (Wildman–Crippen MR) is 90.5 cm³/mol. The van der Waals surface area contributed by atoms with Crippen LogP contribution in [0.25, 0.3) is 0 Å². The van der Waals surface area contributed by atoms with Crippen molar-refractivity contribution in [2.75, 3.05) is 0 Å². The Labute approximate surface area is 145 Å². The number of amides is 1. The molecule has 26 heavy (non-hydrogen) atoms. The maximum Gasteiger partial charge on any atom is 0.271 e. The van der Waals surface area contributed by atoms with Crippen LogP contribution >= 0.6 is 0 Å². The Morgan fingerprint density at radius 3 is 2.08 bits per heavy atom. The molecule has 0 unspecified atom stereocenters. The molecule has 0 saturated heterocycles. The average molecular weight is 357 g/mol. The highest BCUT2D eigenvalue weighted by Crippen LogP contribution is 2.14. The van der Waals surface area contributed by atoms with Gasteiger partial charge >= 0.3 is 0 Å². The highest BCUT2D eigenvalue weighted by molar-refractivity contribution is 6.38. The van der Waals surface area contributed by atoms with Crippen LogP contribution in [-0.2, 0) is 0 Å². The van der Waals surface area contributed by atoms with Crippen molar-refractivity contribution >= 4 is 29.2 Å². The maximum atomic E-state index is 12.1. The zero-order valence-electron chi connectivity index (χ0n) is 13.0. The number of nitrogens with zero attached hydrogens (tertiary/aromatic N) is 4. The van der Waals surface area contributed by atoms with E-state index in [1.54, 1.807) is 0 Å². The normalized spacial score (nSPS) is 11.3. The molecule has 2 aromatic rings. The third-order valence-electron chi connectivity index (χ3n) is 3.13. The summed E-state index contributed by atoms with van der Waals surface area (Å²) in [6, 6.07) is 10.3. The summed E-state index contributed by atoms with van der Waals surface area (Å²) < 4.78 is 0. The second-order valence-corrected chi connectivity index (χ2v) is 4.80. The van der Waals surface area contributed by atoms with Crippen LogP contribution in [0.5, 0.6) is 0 Å². The zero-order valence-corrected chi connectivity index (χ0v) is 13.0. The molecule has 1 amide bonds. The molecule has 11 nitrogen and oxygen atoms in total. The van der Waals surface area contributed by atoms with E-state index in [0.29, 0.717) is 0 Å². The van der Waals surface area contributed by atoms with Gasteiger partial charge in [0.1, 0.15) is 5.71 Å². The largest absolute Gasteiger partial charge is 0.411 e. The molecule has 132 valence electrons. The zero-order chi connectivity index (χ0) is 19.1. The number of nitro groups is 2. The number of carbonyl (C=O) groups is 1. The van der Waals surface area contributed by atoms with Gasteiger partial charge < -0.3 is 5.21 Å². The molecule has 0 aromatic heterocycles. The minimum absolute atomic E-state index is 0.0118. The van der Waals surface area contributed by atoms with Crippen LogP contribution in [0, 0.1) is 20.2 Å². The Morgan fingerprint density at radius 1 is 1.00 bits per heavy atom. The second-order valence-electron chi connectivity index (χ2n) is 4.80. The molecule has 0 aliphatic rings. The summed E-state index contributed by atoms with van der Waals surface area (Å²) in [4.78, 5) is 32.4. The van der Waals surface area contributed by atoms with E-state index in [0.717, 1.165) is 12.3 Å². The van der Waals surface area contributed by atoms with Crippen LogP contribution in [0.3, 0.4) is 0 Å². The lowest BCUT2D eigenvalue weighted by Gasteiger charge is -2.03. The summed E-state index contributed by atoms with van der Waals surface area (Å²) in [7, 11) is 0. The van der Waals surface area contributed by atoms with Crippen LogP contribution < -0.4 is 5.43 Å². The molecule has 0 radical (unpaired) electrons. The van der Waals surface area contributed by atoms with Crippen LogP contribution in [-0.4, -0.2) is 32.9 Å². The van der Waals surface area contributed by atoms with Crippen LogP contribution in [0.1, 0.15) is 15.9 Å². The van der Waals surface area contributed by atoms with Crippen LogP contribution in [0.15, 0.2) is 58.8 Å². The Morgan fingerprint density at radius 2 is 1.54 bits per heavy atom. The van der Waals surface area contributed by atoms with Crippen molar-refractivity contribution in [3.8, 4) is 0 Å². The lowest BCUT2D eigenvalue weighted by Crippen LogP contribution is -2.20. The summed E-state index contributed by atoms with van der Waals surface area (Å²) >= 11 is 0. The number of hydrogen-bond donors (Lipinski definition) is 2. The van der Waals surface area contributed by atoms with Crippen molar-refractivity contribution in [2.45, 2.75) is 0 Å². The Kier molecular flexibility index (Phi) is 5.67. The number of rotatable bonds is 6. The van der Waals surface area contributed by atoms with E-state index in [1.807, 2.05) is 0 Å². The molecule has 0 spiro atoms. The van der Waals surface area contributed by atoms with Crippen molar-refractivity contribution in [1.82, 2.24) is 5.43 Å². The van der Waals surface area contributed by atoms with E-state index >= 15 is 0 Å². The smallest absolute Gasteiger partial charge is 0.271 e. The Balaban J connectivity index is 2.28. The molecule has 0 atom stereocenters. The predicted octanol–water partition coefficient (Wildman–Crippen LogP) is 2.10. The first kappa shape index (κ1) is 18.2. The summed E-state index contributed by atoms with van der Waals surface area (Å²) in [6.07, 6.45) is 0.882. The van der Waals surface area contributed by atoms with E-state index < -0.39 is 15.8 Å². The first-order chi connectivity index (χ1) is 12.4. The van der Waals surface area contributed by atoms with Crippen molar-refractivity contribution in [3.63, 3.8) is 0 Å². The number of non-ortho nitro benzene ring substituents is 2. The minimum Gasteiger partial charge on any atom is -0.411 e. The molecular formula is C15H11N5O6. The Hall–Kier alpha value is -4.15. The monoisotopic (exact) mass is 357 g/mol. The van der Waals surface area contributed by atoms with Gasteiger partial charge in [-0.2, -0.15) is 5.10 Å². The fourth-order valence-electron chi connectivity index (χ4n) is 1.94. The molecule has 0 saturated carbocycles. The fourth-order valence-corrected chi connectivity index (χ4v) is 1.94. The van der Waals surface area contributed by atoms with E-state index in [-0.39, 0.29) is 28.2 Å². The first-order valence-corrected chi connectivity index (χ1v) is 6.97. The van der Waals surface area contributed by atoms with Gasteiger partial charge in [-0.3, -0.25) is 25.0 Å². The molecule has 2 rings (SSSR count). The molecule has 2 N–H and O–H groups in total. The van der Waals surface area contributed by atoms with Crippen LogP contribution in [0.4, 0.5) is 11.4 Å². The van der Waals surface area contributed by atoms with E-state index in [1.165, 1.54) is 42.5 Å². The topological polar surface area (TPSA) is 160 Å². The average Bonchev–Trinajstić information content (AvgIpc) is 2.65. The number of benzene rings is 2. The van der Waals surface area contributed by atoms with Gasteiger partial charge in [-0.05, 0) is 6.07 Å². The van der Waals surface area contributed by atoms with Gasteiger partial charge in [-0.25, -0.2) is 5.43 Å². The van der Waals surface area contributed by atoms with E-state index in [9.17, 15) is 25.0 Å². The number of nitrogens with one attached hydrogen (secondary N) is 1. The quantitative estimate of drug-likeness (QED) is 0.348. The molecule has 11 heteroatoms. The third kappa shape index (κ3) is 4.44. The van der Waals surface area contributed by atoms with E-state index in [4.69, 9.17) is 5.21 Å². The molecule has 0 aliphatic carbocycles. The molecule has 0 aliphatic heterocycles. The fraction of sp³-hybridized carbons (Fsp3) is 0. The summed E-state index contributed by atoms with van der Waals surface area (Å²) in [5.74, 6) is -0.747. The van der Waals surface area contributed by atoms with E-state index in [2.05, 4.69) is 15.7 Å². The van der Waals surface area contributed by atoms with Crippen LogP contribution in [0.2, 0.25) is 0 Å². The third-order valence-corrected chi connectivity index (χ3v) is 3.13. The number of hydrazone groups is 1. The lowest BCUT2D eigenvalue weighted by molar-refractivity contribution is -0.385. The summed E-state index contributed by atoms with van der Waals surface area (Å²) in [6.45, 7) is 0. The number of nitro benzene ring substituents is 2. The van der Waals surface area contributed by atoms with Crippen molar-refractivity contribution in [2.24, 2.45) is 10.3 Å². The Bertz CT molecular complexity index is 924. The summed E-state index contributed by atoms with van der Waals surface area (Å²) in [5, 5.41) is 36.9. The first-order valence-electron chi connectivity index (χ1n) is 6.97. The van der Waals surface area contributed by atoms with Gasteiger partial charge in [0.2, 0.25) is 0 Å². The minimum atomic E-state index is -0.747. The highest BCUT2D eigenvalue weighted by atomic mass is 16.6. The second kappa shape index (κ2) is 8.10. The van der Waals surface area contributed by atoms with Crippen molar-refractivity contribution < 1.29 is 19.8 Å². The van der Waals surface area contributed by atoms with Crippen molar-refractivity contribution in [3.05, 3.63) is 79.9 Å². The lowest BCUT2D eigenvalue weighted by atomic mass is 10.1. The van der Waals surface area contributed by atoms with Gasteiger partial charge in [-0.15, -0.1) is 0 Å². The van der Waals surface area contributed by atoms with Gasteiger partial charge in [0.25, 0.3) is 17.3 Å². The molecular weight excluding hydrogens is 346 g/mol. The number of carbonyl (C=O) groups excluding carboxylic acids is 1. The standard InChI is InChI=1S/C15H11N5O6/c21-15(11-4-2-6-13(8-11)20(25)26)18-17-14(9-16-22)10-3-1-5-12(7-10)19(23)24/h1-9,22H,(H,18,21)/b16-9+,17-14+. The molecule has 0 heterocycles. The summed E-state index contributed by atoms with van der Waals surface area (Å²) in [5.41, 5.74) is 1.82. The molecule has 2 aromatic carbocycles.